The minimum absolute atomic E-state index is 0.318. The maximum atomic E-state index is 10.0. The van der Waals surface area contributed by atoms with Crippen molar-refractivity contribution < 1.29 is 10.2 Å². The molecular formula is C15H22BrNO2. The third-order valence-electron chi connectivity index (χ3n) is 4.03. The lowest BCUT2D eigenvalue weighted by atomic mass is 9.86. The second-order valence-corrected chi connectivity index (χ2v) is 6.43. The van der Waals surface area contributed by atoms with Crippen LogP contribution in [0.1, 0.15) is 36.8 Å². The number of nitrogens with one attached hydrogen (secondary N) is 1. The van der Waals surface area contributed by atoms with Crippen LogP contribution in [0.2, 0.25) is 0 Å². The highest BCUT2D eigenvalue weighted by Crippen LogP contribution is 2.28. The lowest BCUT2D eigenvalue weighted by Gasteiger charge is -2.28. The Morgan fingerprint density at radius 1 is 1.26 bits per heavy atom. The number of benzene rings is 1. The SMILES string of the molecule is Cc1cc(Br)cc(CNC2CCC(CO)CC2)c1O. The van der Waals surface area contributed by atoms with Crippen molar-refractivity contribution in [3.63, 3.8) is 0 Å². The molecule has 0 aromatic heterocycles. The molecule has 0 unspecified atom stereocenters. The van der Waals surface area contributed by atoms with Crippen molar-refractivity contribution in [2.24, 2.45) is 5.92 Å². The number of aliphatic hydroxyl groups is 1. The van der Waals surface area contributed by atoms with E-state index in [1.165, 1.54) is 0 Å². The normalized spacial score (nSPS) is 23.5. The summed E-state index contributed by atoms with van der Waals surface area (Å²) in [6, 6.07) is 4.39. The summed E-state index contributed by atoms with van der Waals surface area (Å²) in [6.07, 6.45) is 4.41. The molecule has 2 rings (SSSR count). The minimum atomic E-state index is 0.318. The molecule has 1 saturated carbocycles. The smallest absolute Gasteiger partial charge is 0.123 e. The lowest BCUT2D eigenvalue weighted by molar-refractivity contribution is 0.175. The molecule has 4 heteroatoms. The summed E-state index contributed by atoms with van der Waals surface area (Å²) in [5, 5.41) is 22.7. The summed E-state index contributed by atoms with van der Waals surface area (Å²) in [5.41, 5.74) is 1.84. The van der Waals surface area contributed by atoms with E-state index in [2.05, 4.69) is 21.2 Å². The Labute approximate surface area is 123 Å². The van der Waals surface area contributed by atoms with Gasteiger partial charge in [0.1, 0.15) is 5.75 Å². The van der Waals surface area contributed by atoms with Crippen LogP contribution in [0, 0.1) is 12.8 Å². The molecule has 3 nitrogen and oxygen atoms in total. The van der Waals surface area contributed by atoms with Gasteiger partial charge >= 0.3 is 0 Å². The van der Waals surface area contributed by atoms with Crippen LogP contribution in [0.25, 0.3) is 0 Å². The molecule has 0 bridgehead atoms. The highest BCUT2D eigenvalue weighted by atomic mass is 79.9. The Balaban J connectivity index is 1.89. The third-order valence-corrected chi connectivity index (χ3v) is 4.49. The molecule has 0 amide bonds. The fourth-order valence-corrected chi connectivity index (χ4v) is 3.36. The molecule has 106 valence electrons. The first-order valence-electron chi connectivity index (χ1n) is 6.92. The average molecular weight is 328 g/mol. The van der Waals surface area contributed by atoms with E-state index < -0.39 is 0 Å². The average Bonchev–Trinajstić information content (AvgIpc) is 2.41. The second-order valence-electron chi connectivity index (χ2n) is 5.51. The fourth-order valence-electron chi connectivity index (χ4n) is 2.74. The van der Waals surface area contributed by atoms with Gasteiger partial charge in [0.15, 0.2) is 0 Å². The van der Waals surface area contributed by atoms with Gasteiger partial charge in [-0.1, -0.05) is 15.9 Å². The van der Waals surface area contributed by atoms with Crippen LogP contribution in [0.3, 0.4) is 0 Å². The number of aliphatic hydroxyl groups excluding tert-OH is 1. The van der Waals surface area contributed by atoms with Gasteiger partial charge < -0.3 is 15.5 Å². The van der Waals surface area contributed by atoms with Gasteiger partial charge in [0.2, 0.25) is 0 Å². The first-order chi connectivity index (χ1) is 9.10. The molecule has 0 heterocycles. The van der Waals surface area contributed by atoms with Gasteiger partial charge in [-0.05, 0) is 56.2 Å². The molecular weight excluding hydrogens is 306 g/mol. The van der Waals surface area contributed by atoms with Gasteiger partial charge in [0, 0.05) is 29.2 Å². The van der Waals surface area contributed by atoms with E-state index in [4.69, 9.17) is 5.11 Å². The van der Waals surface area contributed by atoms with E-state index >= 15 is 0 Å². The predicted octanol–water partition coefficient (Wildman–Crippen LogP) is 3.10. The van der Waals surface area contributed by atoms with Crippen LogP contribution >= 0.6 is 15.9 Å². The van der Waals surface area contributed by atoms with E-state index in [0.29, 0.717) is 30.9 Å². The number of aromatic hydroxyl groups is 1. The van der Waals surface area contributed by atoms with Gasteiger partial charge in [-0.3, -0.25) is 0 Å². The number of hydrogen-bond acceptors (Lipinski definition) is 3. The molecule has 1 aliphatic rings. The Morgan fingerprint density at radius 3 is 2.58 bits per heavy atom. The number of halogens is 1. The topological polar surface area (TPSA) is 52.5 Å². The Kier molecular flexibility index (Phi) is 5.25. The van der Waals surface area contributed by atoms with Crippen molar-refractivity contribution in [2.45, 2.75) is 45.2 Å². The summed E-state index contributed by atoms with van der Waals surface area (Å²) in [7, 11) is 0. The molecule has 0 spiro atoms. The minimum Gasteiger partial charge on any atom is -0.507 e. The quantitative estimate of drug-likeness (QED) is 0.796. The molecule has 0 atom stereocenters. The number of aryl methyl sites for hydroxylation is 1. The van der Waals surface area contributed by atoms with Gasteiger partial charge in [-0.25, -0.2) is 0 Å². The van der Waals surface area contributed by atoms with Crippen molar-refractivity contribution in [2.75, 3.05) is 6.61 Å². The standard InChI is InChI=1S/C15H22BrNO2/c1-10-6-13(16)7-12(15(10)19)8-17-14-4-2-11(9-18)3-5-14/h6-7,11,14,17-19H,2-5,8-9H2,1H3. The van der Waals surface area contributed by atoms with Crippen molar-refractivity contribution in [3.05, 3.63) is 27.7 Å². The van der Waals surface area contributed by atoms with Gasteiger partial charge in [-0.15, -0.1) is 0 Å². The highest BCUT2D eigenvalue weighted by Gasteiger charge is 2.20. The van der Waals surface area contributed by atoms with Crippen LogP contribution in [0.4, 0.5) is 0 Å². The first-order valence-corrected chi connectivity index (χ1v) is 7.71. The van der Waals surface area contributed by atoms with Crippen molar-refractivity contribution in [1.82, 2.24) is 5.32 Å². The van der Waals surface area contributed by atoms with Crippen LogP contribution in [-0.2, 0) is 6.54 Å². The van der Waals surface area contributed by atoms with Gasteiger partial charge in [0.05, 0.1) is 0 Å². The largest absolute Gasteiger partial charge is 0.507 e. The third kappa shape index (κ3) is 3.94. The van der Waals surface area contributed by atoms with E-state index in [9.17, 15) is 5.11 Å². The zero-order valence-corrected chi connectivity index (χ0v) is 12.9. The number of hydrogen-bond donors (Lipinski definition) is 3. The zero-order valence-electron chi connectivity index (χ0n) is 11.3. The van der Waals surface area contributed by atoms with Crippen LogP contribution in [0.15, 0.2) is 16.6 Å². The molecule has 0 radical (unpaired) electrons. The van der Waals surface area contributed by atoms with E-state index in [1.807, 2.05) is 19.1 Å². The first kappa shape index (κ1) is 14.8. The second kappa shape index (κ2) is 6.73. The summed E-state index contributed by atoms with van der Waals surface area (Å²) in [5.74, 6) is 0.874. The fraction of sp³-hybridized carbons (Fsp3) is 0.600. The van der Waals surface area contributed by atoms with Crippen molar-refractivity contribution >= 4 is 15.9 Å². The van der Waals surface area contributed by atoms with Crippen LogP contribution in [0.5, 0.6) is 5.75 Å². The monoisotopic (exact) mass is 327 g/mol. The summed E-state index contributed by atoms with van der Waals surface area (Å²) >= 11 is 3.46. The Bertz CT molecular complexity index is 428. The molecule has 0 saturated heterocycles. The van der Waals surface area contributed by atoms with Crippen molar-refractivity contribution in [3.8, 4) is 5.75 Å². The molecule has 3 N–H and O–H groups in total. The molecule has 1 fully saturated rings. The predicted molar refractivity (Wildman–Crippen MR) is 80.2 cm³/mol. The zero-order chi connectivity index (χ0) is 13.8. The molecule has 1 aromatic carbocycles. The number of phenolic OH excluding ortho intramolecular Hbond substituents is 1. The Hall–Kier alpha value is -0.580. The summed E-state index contributed by atoms with van der Waals surface area (Å²) in [4.78, 5) is 0. The molecule has 1 aliphatic carbocycles. The number of phenols is 1. The van der Waals surface area contributed by atoms with Crippen LogP contribution < -0.4 is 5.32 Å². The van der Waals surface area contributed by atoms with Gasteiger partial charge in [0.25, 0.3) is 0 Å². The molecule has 0 aliphatic heterocycles. The van der Waals surface area contributed by atoms with E-state index in [0.717, 1.165) is 41.3 Å². The van der Waals surface area contributed by atoms with Gasteiger partial charge in [-0.2, -0.15) is 0 Å². The van der Waals surface area contributed by atoms with E-state index in [-0.39, 0.29) is 0 Å². The summed E-state index contributed by atoms with van der Waals surface area (Å²) in [6.45, 7) is 2.93. The highest BCUT2D eigenvalue weighted by molar-refractivity contribution is 9.10. The summed E-state index contributed by atoms with van der Waals surface area (Å²) < 4.78 is 1.00. The maximum Gasteiger partial charge on any atom is 0.123 e. The van der Waals surface area contributed by atoms with E-state index in [1.54, 1.807) is 0 Å². The lowest BCUT2D eigenvalue weighted by Crippen LogP contribution is -2.33. The maximum absolute atomic E-state index is 10.0. The number of rotatable bonds is 4. The Morgan fingerprint density at radius 2 is 1.95 bits per heavy atom. The molecule has 1 aromatic rings. The molecule has 19 heavy (non-hydrogen) atoms. The van der Waals surface area contributed by atoms with Crippen molar-refractivity contribution in [1.29, 1.82) is 0 Å². The van der Waals surface area contributed by atoms with Crippen LogP contribution in [-0.4, -0.2) is 22.9 Å².